The summed E-state index contributed by atoms with van der Waals surface area (Å²) in [6.07, 6.45) is 2.00. The van der Waals surface area contributed by atoms with Gasteiger partial charge >= 0.3 is 0 Å². The van der Waals surface area contributed by atoms with E-state index in [1.165, 1.54) is 17.0 Å². The summed E-state index contributed by atoms with van der Waals surface area (Å²) in [5.74, 6) is -0.778. The van der Waals surface area contributed by atoms with E-state index in [2.05, 4.69) is 4.72 Å². The van der Waals surface area contributed by atoms with Crippen molar-refractivity contribution in [2.75, 3.05) is 6.54 Å². The Morgan fingerprint density at radius 1 is 1.10 bits per heavy atom. The van der Waals surface area contributed by atoms with Gasteiger partial charge < -0.3 is 4.90 Å². The van der Waals surface area contributed by atoms with Crippen molar-refractivity contribution in [3.05, 3.63) is 29.8 Å². The molecule has 2 amide bonds. The lowest BCUT2D eigenvalue weighted by Crippen LogP contribution is -2.69. The maximum absolute atomic E-state index is 12.9. The van der Waals surface area contributed by atoms with Crippen LogP contribution in [0.3, 0.4) is 0 Å². The molecule has 1 fully saturated rings. The number of benzene rings is 1. The lowest BCUT2D eigenvalue weighted by molar-refractivity contribution is -0.163. The number of carbonyl (C=O) groups is 2. The minimum atomic E-state index is -4.01. The SMILES string of the molecule is CCCC(C)(C)C(=O)N1CCC1(C)C(=O)NS(=O)(=O)c1ccc(C(C)(C)C)cc1. The zero-order valence-corrected chi connectivity index (χ0v) is 19.4. The Balaban J connectivity index is 2.19. The van der Waals surface area contributed by atoms with E-state index in [0.29, 0.717) is 19.4 Å². The highest BCUT2D eigenvalue weighted by atomic mass is 32.2. The van der Waals surface area contributed by atoms with Gasteiger partial charge in [0.25, 0.3) is 15.9 Å². The molecule has 1 N–H and O–H groups in total. The largest absolute Gasteiger partial charge is 0.328 e. The highest BCUT2D eigenvalue weighted by Gasteiger charge is 2.52. The molecule has 0 radical (unpaired) electrons. The van der Waals surface area contributed by atoms with Gasteiger partial charge in [0, 0.05) is 12.0 Å². The van der Waals surface area contributed by atoms with E-state index in [-0.39, 0.29) is 16.2 Å². The van der Waals surface area contributed by atoms with Gasteiger partial charge in [-0.2, -0.15) is 0 Å². The first-order valence-electron chi connectivity index (χ1n) is 10.1. The van der Waals surface area contributed by atoms with Gasteiger partial charge in [-0.3, -0.25) is 9.59 Å². The van der Waals surface area contributed by atoms with Gasteiger partial charge in [0.2, 0.25) is 5.91 Å². The van der Waals surface area contributed by atoms with E-state index in [9.17, 15) is 18.0 Å². The minimum Gasteiger partial charge on any atom is -0.328 e. The molecule has 1 heterocycles. The maximum Gasteiger partial charge on any atom is 0.264 e. The maximum atomic E-state index is 12.9. The van der Waals surface area contributed by atoms with E-state index in [4.69, 9.17) is 0 Å². The minimum absolute atomic E-state index is 0.0333. The normalized spacial score (nSPS) is 20.2. The number of carbonyl (C=O) groups excluding carboxylic acids is 2. The van der Waals surface area contributed by atoms with Crippen molar-refractivity contribution in [3.63, 3.8) is 0 Å². The smallest absolute Gasteiger partial charge is 0.264 e. The average Bonchev–Trinajstić information content (AvgIpc) is 2.59. The first-order chi connectivity index (χ1) is 13.1. The second-order valence-corrected chi connectivity index (χ2v) is 11.5. The number of hydrogen-bond acceptors (Lipinski definition) is 4. The summed E-state index contributed by atoms with van der Waals surface area (Å²) in [4.78, 5) is 27.3. The van der Waals surface area contributed by atoms with E-state index < -0.39 is 26.9 Å². The van der Waals surface area contributed by atoms with Crippen LogP contribution in [0.5, 0.6) is 0 Å². The summed E-state index contributed by atoms with van der Waals surface area (Å²) in [6.45, 7) is 13.9. The van der Waals surface area contributed by atoms with Crippen LogP contribution in [0.1, 0.15) is 73.3 Å². The van der Waals surface area contributed by atoms with E-state index in [0.717, 1.165) is 12.0 Å². The third kappa shape index (κ3) is 4.65. The first kappa shape index (κ1) is 23.4. The molecule has 6 nitrogen and oxygen atoms in total. The lowest BCUT2D eigenvalue weighted by atomic mass is 9.79. The highest BCUT2D eigenvalue weighted by molar-refractivity contribution is 7.90. The highest BCUT2D eigenvalue weighted by Crippen LogP contribution is 2.37. The summed E-state index contributed by atoms with van der Waals surface area (Å²) in [7, 11) is -4.01. The van der Waals surface area contributed by atoms with Crippen LogP contribution >= 0.6 is 0 Å². The zero-order valence-electron chi connectivity index (χ0n) is 18.6. The van der Waals surface area contributed by atoms with Crippen molar-refractivity contribution in [1.29, 1.82) is 0 Å². The number of rotatable bonds is 6. The van der Waals surface area contributed by atoms with Crippen LogP contribution in [-0.2, 0) is 25.0 Å². The zero-order chi connectivity index (χ0) is 22.3. The number of nitrogens with one attached hydrogen (secondary N) is 1. The van der Waals surface area contributed by atoms with Crippen molar-refractivity contribution in [1.82, 2.24) is 9.62 Å². The average molecular weight is 423 g/mol. The second-order valence-electron chi connectivity index (χ2n) is 9.82. The molecule has 7 heteroatoms. The van der Waals surface area contributed by atoms with Gasteiger partial charge in [0.1, 0.15) is 5.54 Å². The summed E-state index contributed by atoms with van der Waals surface area (Å²) < 4.78 is 27.6. The molecule has 1 unspecified atom stereocenters. The van der Waals surface area contributed by atoms with Crippen LogP contribution in [0.15, 0.2) is 29.2 Å². The van der Waals surface area contributed by atoms with Crippen LogP contribution in [0.25, 0.3) is 0 Å². The Morgan fingerprint density at radius 3 is 2.07 bits per heavy atom. The number of likely N-dealkylation sites (tertiary alicyclic amines) is 1. The number of nitrogens with zero attached hydrogens (tertiary/aromatic N) is 1. The molecule has 0 bridgehead atoms. The van der Waals surface area contributed by atoms with Gasteiger partial charge in [-0.25, -0.2) is 13.1 Å². The van der Waals surface area contributed by atoms with Crippen LogP contribution in [0, 0.1) is 5.41 Å². The predicted octanol–water partition coefficient (Wildman–Crippen LogP) is 3.61. The molecule has 1 aromatic carbocycles. The molecule has 0 saturated carbocycles. The van der Waals surface area contributed by atoms with Crippen molar-refractivity contribution < 1.29 is 18.0 Å². The number of amides is 2. The quantitative estimate of drug-likeness (QED) is 0.759. The van der Waals surface area contributed by atoms with Crippen molar-refractivity contribution in [3.8, 4) is 0 Å². The fraction of sp³-hybridized carbons (Fsp3) is 0.636. The fourth-order valence-corrected chi connectivity index (χ4v) is 4.72. The van der Waals surface area contributed by atoms with E-state index in [1.807, 2.05) is 41.5 Å². The molecule has 29 heavy (non-hydrogen) atoms. The van der Waals surface area contributed by atoms with E-state index >= 15 is 0 Å². The fourth-order valence-electron chi connectivity index (χ4n) is 3.64. The molecule has 162 valence electrons. The lowest BCUT2D eigenvalue weighted by Gasteiger charge is -2.51. The second kappa shape index (κ2) is 7.74. The molecule has 1 aromatic rings. The van der Waals surface area contributed by atoms with Crippen LogP contribution in [0.2, 0.25) is 0 Å². The molecular formula is C22H34N2O4S. The van der Waals surface area contributed by atoms with Crippen molar-refractivity contribution >= 4 is 21.8 Å². The van der Waals surface area contributed by atoms with Crippen molar-refractivity contribution in [2.45, 2.75) is 83.6 Å². The van der Waals surface area contributed by atoms with Gasteiger partial charge in [0.15, 0.2) is 0 Å². The van der Waals surface area contributed by atoms with Crippen LogP contribution in [0.4, 0.5) is 0 Å². The summed E-state index contributed by atoms with van der Waals surface area (Å²) in [6, 6.07) is 6.53. The molecule has 2 rings (SSSR count). The van der Waals surface area contributed by atoms with Gasteiger partial charge in [-0.05, 0) is 42.9 Å². The van der Waals surface area contributed by atoms with Crippen LogP contribution < -0.4 is 4.72 Å². The molecular weight excluding hydrogens is 388 g/mol. The summed E-state index contributed by atoms with van der Waals surface area (Å²) >= 11 is 0. The third-order valence-corrected chi connectivity index (χ3v) is 7.21. The van der Waals surface area contributed by atoms with Gasteiger partial charge in [-0.1, -0.05) is 60.1 Å². The Hall–Kier alpha value is -1.89. The Kier molecular flexibility index (Phi) is 6.25. The Labute approximate surface area is 175 Å². The van der Waals surface area contributed by atoms with Gasteiger partial charge in [-0.15, -0.1) is 0 Å². The first-order valence-corrected chi connectivity index (χ1v) is 11.6. The van der Waals surface area contributed by atoms with Crippen LogP contribution in [-0.4, -0.2) is 37.2 Å². The molecule has 1 aliphatic rings. The topological polar surface area (TPSA) is 83.6 Å². The number of sulfonamides is 1. The Bertz CT molecular complexity index is 882. The molecule has 0 aromatic heterocycles. The standard InChI is InChI=1S/C22H34N2O4S/c1-8-13-21(5,6)19(26)24-15-14-22(24,7)18(25)23-29(27,28)17-11-9-16(10-12-17)20(2,3)4/h9-12H,8,13-15H2,1-7H3,(H,23,25). The predicted molar refractivity (Wildman–Crippen MR) is 114 cm³/mol. The van der Waals surface area contributed by atoms with Gasteiger partial charge in [0.05, 0.1) is 4.90 Å². The Morgan fingerprint density at radius 2 is 1.66 bits per heavy atom. The molecule has 1 aliphatic heterocycles. The molecule has 1 atom stereocenters. The summed E-state index contributed by atoms with van der Waals surface area (Å²) in [5, 5.41) is 0. The van der Waals surface area contributed by atoms with E-state index in [1.54, 1.807) is 19.1 Å². The third-order valence-electron chi connectivity index (χ3n) is 5.86. The molecule has 0 spiro atoms. The number of hydrogen-bond donors (Lipinski definition) is 1. The summed E-state index contributed by atoms with van der Waals surface area (Å²) in [5.41, 5.74) is -0.834. The monoisotopic (exact) mass is 422 g/mol. The van der Waals surface area contributed by atoms with Crippen molar-refractivity contribution in [2.24, 2.45) is 5.41 Å². The molecule has 1 saturated heterocycles. The molecule has 0 aliphatic carbocycles.